The number of nitrogens with zero attached hydrogens (tertiary/aromatic N) is 2. The third-order valence-corrected chi connectivity index (χ3v) is 4.36. The van der Waals surface area contributed by atoms with Crippen LogP contribution >= 0.6 is 0 Å². The van der Waals surface area contributed by atoms with Crippen molar-refractivity contribution >= 4 is 5.82 Å². The molecule has 0 bridgehead atoms. The van der Waals surface area contributed by atoms with Crippen molar-refractivity contribution in [2.45, 2.75) is 46.0 Å². The zero-order valence-electron chi connectivity index (χ0n) is 13.4. The van der Waals surface area contributed by atoms with Gasteiger partial charge in [-0.05, 0) is 55.4 Å². The van der Waals surface area contributed by atoms with E-state index in [1.807, 2.05) is 6.20 Å². The molecule has 1 aliphatic heterocycles. The van der Waals surface area contributed by atoms with E-state index in [0.29, 0.717) is 0 Å². The number of aromatic nitrogens is 1. The lowest BCUT2D eigenvalue weighted by atomic mass is 9.88. The summed E-state index contributed by atoms with van der Waals surface area (Å²) in [6, 6.07) is 4.30. The molecule has 1 fully saturated rings. The van der Waals surface area contributed by atoms with Crippen LogP contribution in [0.3, 0.4) is 0 Å². The van der Waals surface area contributed by atoms with Crippen molar-refractivity contribution in [1.82, 2.24) is 9.88 Å². The van der Waals surface area contributed by atoms with Crippen LogP contribution in [0, 0.1) is 5.92 Å². The van der Waals surface area contributed by atoms with Crippen LogP contribution < -0.4 is 5.32 Å². The molecular weight excluding hydrogens is 246 g/mol. The maximum absolute atomic E-state index is 4.54. The van der Waals surface area contributed by atoms with Gasteiger partial charge in [-0.15, -0.1) is 0 Å². The molecule has 1 N–H and O–H groups in total. The fraction of sp³-hybridized carbons (Fsp3) is 0.706. The van der Waals surface area contributed by atoms with E-state index >= 15 is 0 Å². The van der Waals surface area contributed by atoms with E-state index in [-0.39, 0.29) is 5.41 Å². The monoisotopic (exact) mass is 275 g/mol. The van der Waals surface area contributed by atoms with Crippen LogP contribution in [0.5, 0.6) is 0 Å². The maximum atomic E-state index is 4.54. The third kappa shape index (κ3) is 4.20. The highest BCUT2D eigenvalue weighted by molar-refractivity contribution is 5.37. The molecule has 3 nitrogen and oxygen atoms in total. The van der Waals surface area contributed by atoms with Gasteiger partial charge in [-0.3, -0.25) is 0 Å². The Balaban J connectivity index is 1.80. The van der Waals surface area contributed by atoms with Gasteiger partial charge in [-0.1, -0.05) is 33.8 Å². The van der Waals surface area contributed by atoms with Crippen molar-refractivity contribution in [3.8, 4) is 0 Å². The van der Waals surface area contributed by atoms with Gasteiger partial charge in [0, 0.05) is 12.7 Å². The van der Waals surface area contributed by atoms with Crippen LogP contribution in [-0.2, 0) is 5.41 Å². The topological polar surface area (TPSA) is 28.2 Å². The molecule has 0 unspecified atom stereocenters. The first kappa shape index (κ1) is 15.3. The maximum Gasteiger partial charge on any atom is 0.125 e. The SMILES string of the molecule is CCN1CCC(CNc2ccc(C(C)(C)C)cn2)CC1. The summed E-state index contributed by atoms with van der Waals surface area (Å²) in [4.78, 5) is 7.07. The van der Waals surface area contributed by atoms with E-state index in [1.54, 1.807) is 0 Å². The number of hydrogen-bond acceptors (Lipinski definition) is 3. The molecule has 0 amide bonds. The Labute approximate surface area is 123 Å². The molecule has 0 atom stereocenters. The molecule has 1 saturated heterocycles. The average molecular weight is 275 g/mol. The number of rotatable bonds is 4. The second kappa shape index (κ2) is 6.57. The highest BCUT2D eigenvalue weighted by Gasteiger charge is 2.18. The Bertz CT molecular complexity index is 397. The van der Waals surface area contributed by atoms with Crippen LogP contribution in [0.1, 0.15) is 46.1 Å². The highest BCUT2D eigenvalue weighted by Crippen LogP contribution is 2.22. The van der Waals surface area contributed by atoms with E-state index in [2.05, 4.69) is 55.0 Å². The van der Waals surface area contributed by atoms with Gasteiger partial charge < -0.3 is 10.2 Å². The lowest BCUT2D eigenvalue weighted by Gasteiger charge is -2.31. The minimum Gasteiger partial charge on any atom is -0.370 e. The molecule has 20 heavy (non-hydrogen) atoms. The fourth-order valence-corrected chi connectivity index (χ4v) is 2.70. The molecule has 0 saturated carbocycles. The third-order valence-electron chi connectivity index (χ3n) is 4.36. The highest BCUT2D eigenvalue weighted by atomic mass is 15.1. The second-order valence-corrected chi connectivity index (χ2v) is 6.94. The van der Waals surface area contributed by atoms with Crippen LogP contribution in [-0.4, -0.2) is 36.1 Å². The fourth-order valence-electron chi connectivity index (χ4n) is 2.70. The van der Waals surface area contributed by atoms with E-state index in [4.69, 9.17) is 0 Å². The summed E-state index contributed by atoms with van der Waals surface area (Å²) < 4.78 is 0. The second-order valence-electron chi connectivity index (χ2n) is 6.94. The molecular formula is C17H29N3. The first-order valence-electron chi connectivity index (χ1n) is 7.92. The van der Waals surface area contributed by atoms with Crippen molar-refractivity contribution in [3.63, 3.8) is 0 Å². The van der Waals surface area contributed by atoms with E-state index in [9.17, 15) is 0 Å². The lowest BCUT2D eigenvalue weighted by Crippen LogP contribution is -2.35. The van der Waals surface area contributed by atoms with Crippen molar-refractivity contribution in [3.05, 3.63) is 23.9 Å². The minimum absolute atomic E-state index is 0.179. The van der Waals surface area contributed by atoms with Crippen LogP contribution in [0.2, 0.25) is 0 Å². The predicted octanol–water partition coefficient (Wildman–Crippen LogP) is 3.52. The molecule has 112 valence electrons. The van der Waals surface area contributed by atoms with Crippen LogP contribution in [0.15, 0.2) is 18.3 Å². The summed E-state index contributed by atoms with van der Waals surface area (Å²) in [6.07, 6.45) is 4.61. The molecule has 0 aromatic carbocycles. The predicted molar refractivity (Wildman–Crippen MR) is 86.3 cm³/mol. The number of hydrogen-bond donors (Lipinski definition) is 1. The number of pyridine rings is 1. The standard InChI is InChI=1S/C17H29N3/c1-5-20-10-8-14(9-11-20)12-18-16-7-6-15(13-19-16)17(2,3)4/h6-7,13-14H,5,8-12H2,1-4H3,(H,18,19). The van der Waals surface area contributed by atoms with Gasteiger partial charge in [-0.2, -0.15) is 0 Å². The summed E-state index contributed by atoms with van der Waals surface area (Å²) in [5.74, 6) is 1.80. The molecule has 1 aromatic rings. The van der Waals surface area contributed by atoms with Gasteiger partial charge in [0.15, 0.2) is 0 Å². The van der Waals surface area contributed by atoms with Gasteiger partial charge in [0.2, 0.25) is 0 Å². The number of piperidine rings is 1. The van der Waals surface area contributed by atoms with Crippen LogP contribution in [0.4, 0.5) is 5.82 Å². The Morgan fingerprint density at radius 3 is 2.45 bits per heavy atom. The number of likely N-dealkylation sites (tertiary alicyclic amines) is 1. The molecule has 2 heterocycles. The van der Waals surface area contributed by atoms with Gasteiger partial charge in [-0.25, -0.2) is 4.98 Å². The summed E-state index contributed by atoms with van der Waals surface area (Å²) in [6.45, 7) is 13.7. The quantitative estimate of drug-likeness (QED) is 0.911. The molecule has 0 spiro atoms. The van der Waals surface area contributed by atoms with Crippen LogP contribution in [0.25, 0.3) is 0 Å². The van der Waals surface area contributed by atoms with Crippen molar-refractivity contribution in [1.29, 1.82) is 0 Å². The first-order chi connectivity index (χ1) is 9.49. The van der Waals surface area contributed by atoms with E-state index < -0.39 is 0 Å². The zero-order chi connectivity index (χ0) is 14.6. The van der Waals surface area contributed by atoms with Gasteiger partial charge >= 0.3 is 0 Å². The van der Waals surface area contributed by atoms with E-state index in [1.165, 1.54) is 38.0 Å². The van der Waals surface area contributed by atoms with Crippen molar-refractivity contribution in [2.24, 2.45) is 5.92 Å². The Morgan fingerprint density at radius 2 is 1.95 bits per heavy atom. The Morgan fingerprint density at radius 1 is 1.25 bits per heavy atom. The van der Waals surface area contributed by atoms with Crippen molar-refractivity contribution in [2.75, 3.05) is 31.5 Å². The first-order valence-corrected chi connectivity index (χ1v) is 7.92. The Kier molecular flexibility index (Phi) is 5.03. The van der Waals surface area contributed by atoms with Gasteiger partial charge in [0.1, 0.15) is 5.82 Å². The lowest BCUT2D eigenvalue weighted by molar-refractivity contribution is 0.198. The molecule has 3 heteroatoms. The molecule has 2 rings (SSSR count). The summed E-state index contributed by atoms with van der Waals surface area (Å²) in [5.41, 5.74) is 1.47. The van der Waals surface area contributed by atoms with E-state index in [0.717, 1.165) is 18.3 Å². The molecule has 1 aliphatic rings. The van der Waals surface area contributed by atoms with Crippen molar-refractivity contribution < 1.29 is 0 Å². The number of anilines is 1. The van der Waals surface area contributed by atoms with Gasteiger partial charge in [0.25, 0.3) is 0 Å². The molecule has 1 aromatic heterocycles. The molecule has 0 radical (unpaired) electrons. The number of nitrogens with one attached hydrogen (secondary N) is 1. The minimum atomic E-state index is 0.179. The summed E-state index contributed by atoms with van der Waals surface area (Å²) in [7, 11) is 0. The summed E-state index contributed by atoms with van der Waals surface area (Å²) in [5, 5.41) is 3.50. The normalized spacial score (nSPS) is 18.2. The smallest absolute Gasteiger partial charge is 0.125 e. The zero-order valence-corrected chi connectivity index (χ0v) is 13.4. The summed E-state index contributed by atoms with van der Waals surface area (Å²) >= 11 is 0. The Hall–Kier alpha value is -1.09. The average Bonchev–Trinajstić information content (AvgIpc) is 2.45. The molecule has 0 aliphatic carbocycles. The largest absolute Gasteiger partial charge is 0.370 e. The van der Waals surface area contributed by atoms with Gasteiger partial charge in [0.05, 0.1) is 0 Å².